The molecule has 2 aromatic heterocycles. The van der Waals surface area contributed by atoms with Gasteiger partial charge >= 0.3 is 0 Å². The Hall–Kier alpha value is -3.28. The second kappa shape index (κ2) is 5.13. The molecule has 4 N–H and O–H groups in total. The second-order valence-electron chi connectivity index (χ2n) is 5.71. The number of anilines is 1. The molecule has 2 heterocycles. The zero-order chi connectivity index (χ0) is 16.8. The van der Waals surface area contributed by atoms with Crippen LogP contribution in [0, 0.1) is 6.92 Å². The van der Waals surface area contributed by atoms with Crippen LogP contribution in [0.5, 0.6) is 5.75 Å². The van der Waals surface area contributed by atoms with E-state index in [1.165, 1.54) is 0 Å². The number of nitrogens with one attached hydrogen (secondary N) is 2. The van der Waals surface area contributed by atoms with Gasteiger partial charge in [-0.1, -0.05) is 18.2 Å². The van der Waals surface area contributed by atoms with Crippen LogP contribution in [0.25, 0.3) is 33.3 Å². The molecule has 4 rings (SSSR count). The first kappa shape index (κ1) is 14.3. The Bertz CT molecular complexity index is 1140. The van der Waals surface area contributed by atoms with Crippen molar-refractivity contribution in [3.8, 4) is 17.1 Å². The van der Waals surface area contributed by atoms with Gasteiger partial charge < -0.3 is 20.4 Å². The lowest BCUT2D eigenvalue weighted by Gasteiger charge is -2.06. The summed E-state index contributed by atoms with van der Waals surface area (Å²) in [5, 5.41) is 0.793. The lowest BCUT2D eigenvalue weighted by Crippen LogP contribution is -2.13. The molecular formula is C18H16N4O2. The number of fused-ring (bicyclic) bond motifs is 2. The first-order chi connectivity index (χ1) is 11.6. The molecule has 24 heavy (non-hydrogen) atoms. The van der Waals surface area contributed by atoms with E-state index < -0.39 is 0 Å². The molecule has 6 nitrogen and oxygen atoms in total. The number of nitrogens with two attached hydrogens (primary N) is 1. The Kier molecular flexibility index (Phi) is 3.06. The number of aryl methyl sites for hydroxylation is 1. The molecule has 0 aliphatic heterocycles. The van der Waals surface area contributed by atoms with Crippen molar-refractivity contribution in [3.63, 3.8) is 0 Å². The van der Waals surface area contributed by atoms with Gasteiger partial charge in [0.25, 0.3) is 5.56 Å². The molecule has 0 amide bonds. The van der Waals surface area contributed by atoms with Crippen molar-refractivity contribution >= 4 is 27.6 Å². The standard InChI is InChI=1S/C18H16N4O2/c1-9-7-12-13(8-14(9)24-2)21-17(20-12)15-16(19)10-5-3-4-6-11(10)22-18(15)23/h3-8H,1-2H3,(H,20,21)(H3,19,22,23). The van der Waals surface area contributed by atoms with E-state index in [1.807, 2.05) is 43.3 Å². The maximum Gasteiger partial charge on any atom is 0.261 e. The fourth-order valence-electron chi connectivity index (χ4n) is 2.99. The minimum absolute atomic E-state index is 0.269. The highest BCUT2D eigenvalue weighted by atomic mass is 16.5. The number of nitrogens with zero attached hydrogens (tertiary/aromatic N) is 1. The quantitative estimate of drug-likeness (QED) is 0.529. The average molecular weight is 320 g/mol. The van der Waals surface area contributed by atoms with Crippen molar-refractivity contribution in [2.75, 3.05) is 12.8 Å². The maximum atomic E-state index is 12.5. The summed E-state index contributed by atoms with van der Waals surface area (Å²) in [5.74, 6) is 1.20. The summed E-state index contributed by atoms with van der Waals surface area (Å²) in [6.45, 7) is 1.95. The van der Waals surface area contributed by atoms with Crippen LogP contribution in [-0.4, -0.2) is 22.1 Å². The number of hydrogen-bond donors (Lipinski definition) is 3. The predicted molar refractivity (Wildman–Crippen MR) is 95.4 cm³/mol. The fraction of sp³-hybridized carbons (Fsp3) is 0.111. The number of para-hydroxylation sites is 1. The molecule has 0 radical (unpaired) electrons. The van der Waals surface area contributed by atoms with Gasteiger partial charge in [0.1, 0.15) is 17.1 Å². The number of ether oxygens (including phenoxy) is 1. The van der Waals surface area contributed by atoms with E-state index in [4.69, 9.17) is 10.5 Å². The zero-order valence-corrected chi connectivity index (χ0v) is 13.3. The summed E-state index contributed by atoms with van der Waals surface area (Å²) in [7, 11) is 1.62. The van der Waals surface area contributed by atoms with Crippen molar-refractivity contribution in [3.05, 3.63) is 52.3 Å². The lowest BCUT2D eigenvalue weighted by atomic mass is 10.1. The molecule has 0 aliphatic rings. The van der Waals surface area contributed by atoms with Crippen molar-refractivity contribution in [1.82, 2.24) is 15.0 Å². The van der Waals surface area contributed by atoms with Gasteiger partial charge in [-0.25, -0.2) is 4.98 Å². The number of hydrogen-bond acceptors (Lipinski definition) is 4. The average Bonchev–Trinajstić information content (AvgIpc) is 2.96. The number of benzene rings is 2. The minimum Gasteiger partial charge on any atom is -0.496 e. The Balaban J connectivity index is 2.01. The first-order valence-electron chi connectivity index (χ1n) is 7.53. The van der Waals surface area contributed by atoms with Crippen LogP contribution in [0.3, 0.4) is 0 Å². The highest BCUT2D eigenvalue weighted by molar-refractivity contribution is 5.97. The second-order valence-corrected chi connectivity index (χ2v) is 5.71. The van der Waals surface area contributed by atoms with E-state index in [0.717, 1.165) is 27.7 Å². The molecular weight excluding hydrogens is 304 g/mol. The summed E-state index contributed by atoms with van der Waals surface area (Å²) >= 11 is 0. The van der Waals surface area contributed by atoms with Gasteiger partial charge in [-0.3, -0.25) is 4.79 Å². The van der Waals surface area contributed by atoms with E-state index in [1.54, 1.807) is 7.11 Å². The van der Waals surface area contributed by atoms with Crippen LogP contribution in [0.2, 0.25) is 0 Å². The van der Waals surface area contributed by atoms with Crippen molar-refractivity contribution in [1.29, 1.82) is 0 Å². The van der Waals surface area contributed by atoms with E-state index in [0.29, 0.717) is 22.6 Å². The normalized spacial score (nSPS) is 11.2. The number of pyridine rings is 1. The molecule has 0 fully saturated rings. The summed E-state index contributed by atoms with van der Waals surface area (Å²) in [6.07, 6.45) is 0. The number of imidazole rings is 1. The molecule has 0 saturated carbocycles. The smallest absolute Gasteiger partial charge is 0.261 e. The Morgan fingerprint density at radius 2 is 1.92 bits per heavy atom. The van der Waals surface area contributed by atoms with Crippen LogP contribution in [-0.2, 0) is 0 Å². The summed E-state index contributed by atoms with van der Waals surface area (Å²) in [5.41, 5.74) is 9.99. The van der Waals surface area contributed by atoms with E-state index in [-0.39, 0.29) is 5.56 Å². The number of methoxy groups -OCH3 is 1. The largest absolute Gasteiger partial charge is 0.496 e. The fourth-order valence-corrected chi connectivity index (χ4v) is 2.99. The SMILES string of the molecule is COc1cc2nc(-c3c(N)c4ccccc4[nH]c3=O)[nH]c2cc1C. The summed E-state index contributed by atoms with van der Waals surface area (Å²) < 4.78 is 5.33. The Morgan fingerprint density at radius 3 is 2.71 bits per heavy atom. The molecule has 4 aromatic rings. The van der Waals surface area contributed by atoms with Gasteiger partial charge in [0, 0.05) is 11.5 Å². The van der Waals surface area contributed by atoms with E-state index in [9.17, 15) is 4.79 Å². The first-order valence-corrected chi connectivity index (χ1v) is 7.53. The highest BCUT2D eigenvalue weighted by Crippen LogP contribution is 2.30. The molecule has 0 aliphatic carbocycles. The van der Waals surface area contributed by atoms with Gasteiger partial charge in [-0.15, -0.1) is 0 Å². The van der Waals surface area contributed by atoms with Gasteiger partial charge in [0.15, 0.2) is 0 Å². The Labute approximate surface area is 137 Å². The van der Waals surface area contributed by atoms with E-state index in [2.05, 4.69) is 15.0 Å². The number of H-pyrrole nitrogens is 2. The van der Waals surface area contributed by atoms with Crippen LogP contribution < -0.4 is 16.0 Å². The third-order valence-electron chi connectivity index (χ3n) is 4.20. The zero-order valence-electron chi connectivity index (χ0n) is 13.3. The molecule has 120 valence electrons. The molecule has 0 unspecified atom stereocenters. The van der Waals surface area contributed by atoms with Crippen molar-refractivity contribution in [2.24, 2.45) is 0 Å². The molecule has 0 spiro atoms. The van der Waals surface area contributed by atoms with Gasteiger partial charge in [0.05, 0.1) is 29.3 Å². The number of aromatic amines is 2. The van der Waals surface area contributed by atoms with Crippen LogP contribution in [0.15, 0.2) is 41.2 Å². The van der Waals surface area contributed by atoms with Crippen LogP contribution >= 0.6 is 0 Å². The van der Waals surface area contributed by atoms with Gasteiger partial charge in [-0.05, 0) is 24.6 Å². The molecule has 0 bridgehead atoms. The highest BCUT2D eigenvalue weighted by Gasteiger charge is 2.16. The van der Waals surface area contributed by atoms with Crippen LogP contribution in [0.1, 0.15) is 5.56 Å². The topological polar surface area (TPSA) is 96.8 Å². The predicted octanol–water partition coefficient (Wildman–Crippen LogP) is 2.97. The third kappa shape index (κ3) is 2.04. The monoisotopic (exact) mass is 320 g/mol. The third-order valence-corrected chi connectivity index (χ3v) is 4.20. The molecule has 0 saturated heterocycles. The Morgan fingerprint density at radius 1 is 1.12 bits per heavy atom. The summed E-state index contributed by atoms with van der Waals surface area (Å²) in [6, 6.07) is 11.2. The number of aromatic nitrogens is 3. The maximum absolute atomic E-state index is 12.5. The van der Waals surface area contributed by atoms with Crippen LogP contribution in [0.4, 0.5) is 5.69 Å². The molecule has 6 heteroatoms. The van der Waals surface area contributed by atoms with Gasteiger partial charge in [0.2, 0.25) is 0 Å². The number of nitrogen functional groups attached to an aromatic ring is 1. The van der Waals surface area contributed by atoms with E-state index >= 15 is 0 Å². The van der Waals surface area contributed by atoms with Crippen molar-refractivity contribution < 1.29 is 4.74 Å². The molecule has 0 atom stereocenters. The minimum atomic E-state index is -0.269. The lowest BCUT2D eigenvalue weighted by molar-refractivity contribution is 0.412. The van der Waals surface area contributed by atoms with Gasteiger partial charge in [-0.2, -0.15) is 0 Å². The molecule has 2 aromatic carbocycles. The summed E-state index contributed by atoms with van der Waals surface area (Å²) in [4.78, 5) is 23.1. The van der Waals surface area contributed by atoms with Crippen molar-refractivity contribution in [2.45, 2.75) is 6.92 Å². The number of rotatable bonds is 2.